The molecule has 0 unspecified atom stereocenters. The summed E-state index contributed by atoms with van der Waals surface area (Å²) in [5, 5.41) is 3.48. The van der Waals surface area contributed by atoms with E-state index in [2.05, 4.69) is 44.4 Å². The fraction of sp³-hybridized carbons (Fsp3) is 0.435. The van der Waals surface area contributed by atoms with Crippen LogP contribution >= 0.6 is 24.0 Å². The number of anilines is 1. The summed E-state index contributed by atoms with van der Waals surface area (Å²) in [4.78, 5) is 9.17. The largest absolute Gasteiger partial charge is 0.497 e. The van der Waals surface area contributed by atoms with E-state index >= 15 is 0 Å². The van der Waals surface area contributed by atoms with E-state index in [0.717, 1.165) is 50.2 Å². The molecule has 0 saturated carbocycles. The third kappa shape index (κ3) is 7.46. The molecule has 0 spiro atoms. The van der Waals surface area contributed by atoms with Crippen LogP contribution in [-0.4, -0.2) is 71.5 Å². The average Bonchev–Trinajstić information content (AvgIpc) is 2.81. The molecular weight excluding hydrogens is 507 g/mol. The Morgan fingerprint density at radius 3 is 2.13 bits per heavy atom. The summed E-state index contributed by atoms with van der Waals surface area (Å²) in [7, 11) is 5.20. The van der Waals surface area contributed by atoms with E-state index in [4.69, 9.17) is 14.2 Å². The van der Waals surface area contributed by atoms with Crippen molar-refractivity contribution in [2.45, 2.75) is 6.54 Å². The summed E-state index contributed by atoms with van der Waals surface area (Å²) in [5.41, 5.74) is 2.42. The van der Waals surface area contributed by atoms with E-state index in [1.54, 1.807) is 14.2 Å². The van der Waals surface area contributed by atoms with Crippen molar-refractivity contribution >= 4 is 35.6 Å². The number of nitrogens with zero attached hydrogens (tertiary/aromatic N) is 3. The quantitative estimate of drug-likeness (QED) is 0.240. The lowest BCUT2D eigenvalue weighted by atomic mass is 10.2. The lowest BCUT2D eigenvalue weighted by molar-refractivity contribution is 0.146. The number of halogens is 1. The van der Waals surface area contributed by atoms with Crippen LogP contribution in [0.1, 0.15) is 5.56 Å². The number of rotatable bonds is 8. The normalized spacial score (nSPS) is 14.1. The molecule has 0 radical (unpaired) electrons. The number of piperazine rings is 1. The zero-order chi connectivity index (χ0) is 21.2. The van der Waals surface area contributed by atoms with Gasteiger partial charge in [-0.1, -0.05) is 12.1 Å². The third-order valence-electron chi connectivity index (χ3n) is 5.16. The van der Waals surface area contributed by atoms with Crippen molar-refractivity contribution in [3.05, 3.63) is 54.1 Å². The highest BCUT2D eigenvalue weighted by Crippen LogP contribution is 2.20. The number of hydrogen-bond donors (Lipinski definition) is 1. The van der Waals surface area contributed by atoms with Crippen LogP contribution in [-0.2, 0) is 11.3 Å². The SMILES string of the molecule is CN=C(NCc1ccc(OCCOC)cc1)N1CCN(c2ccc(OC)cc2)CC1.I. The molecule has 31 heavy (non-hydrogen) atoms. The topological polar surface area (TPSA) is 58.6 Å². The van der Waals surface area contributed by atoms with Gasteiger partial charge in [-0.3, -0.25) is 4.99 Å². The van der Waals surface area contributed by atoms with E-state index in [1.165, 1.54) is 11.3 Å². The van der Waals surface area contributed by atoms with Gasteiger partial charge in [0.05, 0.1) is 13.7 Å². The summed E-state index contributed by atoms with van der Waals surface area (Å²) in [5.74, 6) is 2.68. The molecule has 1 heterocycles. The van der Waals surface area contributed by atoms with Crippen LogP contribution in [0.15, 0.2) is 53.5 Å². The second-order valence-corrected chi connectivity index (χ2v) is 7.06. The van der Waals surface area contributed by atoms with Gasteiger partial charge in [-0.25, -0.2) is 0 Å². The van der Waals surface area contributed by atoms with Gasteiger partial charge in [0, 0.05) is 52.6 Å². The Kier molecular flexibility index (Phi) is 10.7. The monoisotopic (exact) mass is 540 g/mol. The van der Waals surface area contributed by atoms with Crippen LogP contribution in [0.4, 0.5) is 5.69 Å². The maximum atomic E-state index is 5.61. The zero-order valence-corrected chi connectivity index (χ0v) is 20.9. The van der Waals surface area contributed by atoms with Gasteiger partial charge in [0.15, 0.2) is 5.96 Å². The lowest BCUT2D eigenvalue weighted by Gasteiger charge is -2.37. The smallest absolute Gasteiger partial charge is 0.194 e. The summed E-state index contributed by atoms with van der Waals surface area (Å²) < 4.78 is 15.9. The molecule has 1 aliphatic rings. The first kappa shape index (κ1) is 25.1. The molecule has 2 aromatic carbocycles. The Morgan fingerprint density at radius 2 is 1.55 bits per heavy atom. The van der Waals surface area contributed by atoms with Gasteiger partial charge in [0.25, 0.3) is 0 Å². The minimum atomic E-state index is 0. The van der Waals surface area contributed by atoms with Crippen LogP contribution in [0, 0.1) is 0 Å². The molecule has 170 valence electrons. The van der Waals surface area contributed by atoms with Gasteiger partial charge < -0.3 is 29.3 Å². The Bertz CT molecular complexity index is 791. The van der Waals surface area contributed by atoms with Crippen LogP contribution in [0.2, 0.25) is 0 Å². The number of nitrogens with one attached hydrogen (secondary N) is 1. The summed E-state index contributed by atoms with van der Waals surface area (Å²) in [6.45, 7) is 5.65. The van der Waals surface area contributed by atoms with Gasteiger partial charge in [-0.05, 0) is 42.0 Å². The minimum absolute atomic E-state index is 0. The van der Waals surface area contributed by atoms with E-state index < -0.39 is 0 Å². The van der Waals surface area contributed by atoms with Crippen LogP contribution in [0.3, 0.4) is 0 Å². The fourth-order valence-electron chi connectivity index (χ4n) is 3.43. The molecule has 0 atom stereocenters. The van der Waals surface area contributed by atoms with Crippen molar-refractivity contribution in [3.8, 4) is 11.5 Å². The molecule has 0 amide bonds. The molecular formula is C23H33IN4O3. The molecule has 7 nitrogen and oxygen atoms in total. The summed E-state index contributed by atoms with van der Waals surface area (Å²) >= 11 is 0. The van der Waals surface area contributed by atoms with Crippen LogP contribution in [0.25, 0.3) is 0 Å². The van der Waals surface area contributed by atoms with Crippen molar-refractivity contribution in [2.75, 3.05) is 65.6 Å². The predicted octanol–water partition coefficient (Wildman–Crippen LogP) is 3.24. The number of aliphatic imine (C=N–C) groups is 1. The molecule has 2 aromatic rings. The number of ether oxygens (including phenoxy) is 3. The van der Waals surface area contributed by atoms with Crippen LogP contribution < -0.4 is 19.7 Å². The molecule has 0 bridgehead atoms. The second kappa shape index (κ2) is 13.3. The minimum Gasteiger partial charge on any atom is -0.497 e. The first-order valence-electron chi connectivity index (χ1n) is 10.3. The first-order chi connectivity index (χ1) is 14.7. The predicted molar refractivity (Wildman–Crippen MR) is 136 cm³/mol. The highest BCUT2D eigenvalue weighted by Gasteiger charge is 2.19. The van der Waals surface area contributed by atoms with Gasteiger partial charge in [-0.15, -0.1) is 24.0 Å². The molecule has 3 rings (SSSR count). The number of guanidine groups is 1. The maximum Gasteiger partial charge on any atom is 0.194 e. The van der Waals surface area contributed by atoms with Crippen LogP contribution in [0.5, 0.6) is 11.5 Å². The lowest BCUT2D eigenvalue weighted by Crippen LogP contribution is -2.52. The molecule has 1 aliphatic heterocycles. The van der Waals surface area contributed by atoms with E-state index in [9.17, 15) is 0 Å². The molecule has 1 fully saturated rings. The third-order valence-corrected chi connectivity index (χ3v) is 5.16. The molecule has 0 aliphatic carbocycles. The zero-order valence-electron chi connectivity index (χ0n) is 18.5. The molecule has 1 saturated heterocycles. The van der Waals surface area contributed by atoms with Gasteiger partial charge >= 0.3 is 0 Å². The first-order valence-corrected chi connectivity index (χ1v) is 10.3. The number of hydrogen-bond acceptors (Lipinski definition) is 5. The van der Waals surface area contributed by atoms with Gasteiger partial charge in [0.1, 0.15) is 18.1 Å². The van der Waals surface area contributed by atoms with Gasteiger partial charge in [0.2, 0.25) is 0 Å². The Labute approximate surface area is 202 Å². The summed E-state index contributed by atoms with van der Waals surface area (Å²) in [6, 6.07) is 16.4. The van der Waals surface area contributed by atoms with E-state index in [-0.39, 0.29) is 24.0 Å². The standard InChI is InChI=1S/C23H32N4O3.HI/c1-24-23(25-18-19-4-8-22(9-5-19)30-17-16-28-2)27-14-12-26(13-15-27)20-6-10-21(29-3)11-7-20;/h4-11H,12-18H2,1-3H3,(H,24,25);1H. The van der Waals surface area contributed by atoms with Crippen molar-refractivity contribution in [1.82, 2.24) is 10.2 Å². The Balaban J connectivity index is 0.00000341. The second-order valence-electron chi connectivity index (χ2n) is 7.06. The molecule has 8 heteroatoms. The highest BCUT2D eigenvalue weighted by molar-refractivity contribution is 14.0. The van der Waals surface area contributed by atoms with Crippen molar-refractivity contribution in [3.63, 3.8) is 0 Å². The summed E-state index contributed by atoms with van der Waals surface area (Å²) in [6.07, 6.45) is 0. The fourth-order valence-corrected chi connectivity index (χ4v) is 3.43. The Hall–Kier alpha value is -2.20. The highest BCUT2D eigenvalue weighted by atomic mass is 127. The van der Waals surface area contributed by atoms with Crippen molar-refractivity contribution in [1.29, 1.82) is 0 Å². The molecule has 1 N–H and O–H groups in total. The van der Waals surface area contributed by atoms with E-state index in [0.29, 0.717) is 13.2 Å². The maximum absolute atomic E-state index is 5.61. The van der Waals surface area contributed by atoms with E-state index in [1.807, 2.05) is 31.3 Å². The van der Waals surface area contributed by atoms with Gasteiger partial charge in [-0.2, -0.15) is 0 Å². The van der Waals surface area contributed by atoms with Crippen molar-refractivity contribution in [2.24, 2.45) is 4.99 Å². The molecule has 0 aromatic heterocycles. The number of benzene rings is 2. The van der Waals surface area contributed by atoms with Crippen molar-refractivity contribution < 1.29 is 14.2 Å². The average molecular weight is 540 g/mol. The Morgan fingerprint density at radius 1 is 0.903 bits per heavy atom. The number of methoxy groups -OCH3 is 2.